The Morgan fingerprint density at radius 3 is 2.38 bits per heavy atom. The monoisotopic (exact) mass is 116 g/mol. The van der Waals surface area contributed by atoms with Gasteiger partial charge >= 0.3 is 0 Å². The first-order chi connectivity index (χ1) is 3.66. The molecule has 0 aromatic carbocycles. The SMILES string of the molecule is CC(=CO)CC(C)O. The highest BCUT2D eigenvalue weighted by molar-refractivity contribution is 4.92. The van der Waals surface area contributed by atoms with E-state index in [0.717, 1.165) is 11.8 Å². The van der Waals surface area contributed by atoms with Crippen molar-refractivity contribution in [3.05, 3.63) is 11.8 Å². The lowest BCUT2D eigenvalue weighted by Crippen LogP contribution is -1.98. The molecular weight excluding hydrogens is 104 g/mol. The Morgan fingerprint density at radius 1 is 1.75 bits per heavy atom. The molecule has 0 aliphatic heterocycles. The molecule has 8 heavy (non-hydrogen) atoms. The predicted octanol–water partition coefficient (Wildman–Crippen LogP) is 1.22. The molecule has 2 nitrogen and oxygen atoms in total. The smallest absolute Gasteiger partial charge is 0.0781 e. The van der Waals surface area contributed by atoms with E-state index in [-0.39, 0.29) is 6.10 Å². The number of hydrogen-bond acceptors (Lipinski definition) is 2. The minimum Gasteiger partial charge on any atom is -0.516 e. The van der Waals surface area contributed by atoms with Crippen LogP contribution in [-0.4, -0.2) is 16.3 Å². The molecule has 0 radical (unpaired) electrons. The summed E-state index contributed by atoms with van der Waals surface area (Å²) in [5, 5.41) is 17.0. The molecule has 0 saturated carbocycles. The lowest BCUT2D eigenvalue weighted by atomic mass is 10.2. The molecule has 0 aromatic rings. The Morgan fingerprint density at radius 2 is 2.25 bits per heavy atom. The molecule has 0 bridgehead atoms. The first-order valence-electron chi connectivity index (χ1n) is 2.64. The second-order valence-corrected chi connectivity index (χ2v) is 2.03. The summed E-state index contributed by atoms with van der Waals surface area (Å²) in [5.41, 5.74) is 0.806. The zero-order valence-electron chi connectivity index (χ0n) is 5.26. The lowest BCUT2D eigenvalue weighted by molar-refractivity contribution is 0.194. The van der Waals surface area contributed by atoms with Crippen LogP contribution in [0.4, 0.5) is 0 Å². The van der Waals surface area contributed by atoms with Crippen molar-refractivity contribution in [3.63, 3.8) is 0 Å². The summed E-state index contributed by atoms with van der Waals surface area (Å²) >= 11 is 0. The standard InChI is InChI=1S/C6H12O2/c1-5(4-7)3-6(2)8/h4,6-8H,3H2,1-2H3. The lowest BCUT2D eigenvalue weighted by Gasteiger charge is -2.00. The van der Waals surface area contributed by atoms with Gasteiger partial charge in [-0.1, -0.05) is 0 Å². The van der Waals surface area contributed by atoms with Crippen molar-refractivity contribution in [2.45, 2.75) is 26.4 Å². The molecule has 0 spiro atoms. The maximum absolute atomic E-state index is 8.70. The van der Waals surface area contributed by atoms with Gasteiger partial charge in [0.2, 0.25) is 0 Å². The van der Waals surface area contributed by atoms with Crippen molar-refractivity contribution in [2.75, 3.05) is 0 Å². The van der Waals surface area contributed by atoms with Crippen LogP contribution in [0.3, 0.4) is 0 Å². The van der Waals surface area contributed by atoms with Crippen molar-refractivity contribution in [1.82, 2.24) is 0 Å². The molecule has 0 saturated heterocycles. The normalized spacial score (nSPS) is 16.1. The topological polar surface area (TPSA) is 40.5 Å². The van der Waals surface area contributed by atoms with Crippen molar-refractivity contribution in [1.29, 1.82) is 0 Å². The van der Waals surface area contributed by atoms with Gasteiger partial charge in [-0.2, -0.15) is 0 Å². The Hall–Kier alpha value is -0.500. The van der Waals surface area contributed by atoms with Gasteiger partial charge in [-0.15, -0.1) is 0 Å². The highest BCUT2D eigenvalue weighted by Gasteiger charge is 1.94. The van der Waals surface area contributed by atoms with Gasteiger partial charge in [0.15, 0.2) is 0 Å². The van der Waals surface area contributed by atoms with Crippen LogP contribution in [0.2, 0.25) is 0 Å². The molecular formula is C6H12O2. The second kappa shape index (κ2) is 3.50. The van der Waals surface area contributed by atoms with Gasteiger partial charge in [-0.3, -0.25) is 0 Å². The summed E-state index contributed by atoms with van der Waals surface area (Å²) in [7, 11) is 0. The summed E-state index contributed by atoms with van der Waals surface area (Å²) < 4.78 is 0. The molecule has 2 N–H and O–H groups in total. The van der Waals surface area contributed by atoms with E-state index in [4.69, 9.17) is 10.2 Å². The average molecular weight is 116 g/mol. The summed E-state index contributed by atoms with van der Waals surface area (Å²) in [5.74, 6) is 0. The van der Waals surface area contributed by atoms with Gasteiger partial charge < -0.3 is 10.2 Å². The summed E-state index contributed by atoms with van der Waals surface area (Å²) in [6.07, 6.45) is 1.22. The minimum absolute atomic E-state index is 0.349. The van der Waals surface area contributed by atoms with Crippen LogP contribution < -0.4 is 0 Å². The number of hydrogen-bond donors (Lipinski definition) is 2. The van der Waals surface area contributed by atoms with Crippen LogP contribution in [0, 0.1) is 0 Å². The van der Waals surface area contributed by atoms with Crippen molar-refractivity contribution in [2.24, 2.45) is 0 Å². The Labute approximate surface area is 49.5 Å². The molecule has 0 fully saturated rings. The van der Waals surface area contributed by atoms with E-state index in [0.29, 0.717) is 6.42 Å². The Balaban J connectivity index is 3.39. The zero-order chi connectivity index (χ0) is 6.57. The summed E-state index contributed by atoms with van der Waals surface area (Å²) in [4.78, 5) is 0. The molecule has 0 aliphatic carbocycles. The molecule has 2 heteroatoms. The van der Waals surface area contributed by atoms with Crippen LogP contribution in [0.5, 0.6) is 0 Å². The molecule has 0 amide bonds. The average Bonchev–Trinajstić information content (AvgIpc) is 1.65. The molecule has 0 heterocycles. The number of aliphatic hydroxyl groups excluding tert-OH is 2. The van der Waals surface area contributed by atoms with E-state index in [1.807, 2.05) is 0 Å². The van der Waals surface area contributed by atoms with Crippen LogP contribution in [-0.2, 0) is 0 Å². The Kier molecular flexibility index (Phi) is 3.28. The third-order valence-corrected chi connectivity index (χ3v) is 0.838. The summed E-state index contributed by atoms with van der Waals surface area (Å²) in [6, 6.07) is 0. The van der Waals surface area contributed by atoms with E-state index in [1.54, 1.807) is 13.8 Å². The van der Waals surface area contributed by atoms with Gasteiger partial charge in [-0.25, -0.2) is 0 Å². The van der Waals surface area contributed by atoms with Crippen LogP contribution in [0.15, 0.2) is 11.8 Å². The van der Waals surface area contributed by atoms with Crippen molar-refractivity contribution in [3.8, 4) is 0 Å². The zero-order valence-corrected chi connectivity index (χ0v) is 5.26. The largest absolute Gasteiger partial charge is 0.516 e. The van der Waals surface area contributed by atoms with E-state index in [2.05, 4.69) is 0 Å². The fourth-order valence-electron chi connectivity index (χ4n) is 0.519. The maximum Gasteiger partial charge on any atom is 0.0781 e. The molecule has 0 rings (SSSR count). The Bertz CT molecular complexity index is 84.5. The first kappa shape index (κ1) is 7.50. The molecule has 48 valence electrons. The quantitative estimate of drug-likeness (QED) is 0.532. The highest BCUT2D eigenvalue weighted by atomic mass is 16.3. The first-order valence-corrected chi connectivity index (χ1v) is 2.64. The fourth-order valence-corrected chi connectivity index (χ4v) is 0.519. The van der Waals surface area contributed by atoms with Gasteiger partial charge in [0.05, 0.1) is 12.4 Å². The molecule has 0 aromatic heterocycles. The predicted molar refractivity (Wildman–Crippen MR) is 32.7 cm³/mol. The van der Waals surface area contributed by atoms with E-state index < -0.39 is 0 Å². The highest BCUT2D eigenvalue weighted by Crippen LogP contribution is 2.01. The van der Waals surface area contributed by atoms with E-state index in [1.165, 1.54) is 0 Å². The maximum atomic E-state index is 8.70. The van der Waals surface area contributed by atoms with Crippen LogP contribution in [0.25, 0.3) is 0 Å². The van der Waals surface area contributed by atoms with Gasteiger partial charge in [0, 0.05) is 0 Å². The number of rotatable bonds is 2. The van der Waals surface area contributed by atoms with E-state index >= 15 is 0 Å². The number of aliphatic hydroxyl groups is 2. The third kappa shape index (κ3) is 3.68. The van der Waals surface area contributed by atoms with Gasteiger partial charge in [-0.05, 0) is 25.8 Å². The van der Waals surface area contributed by atoms with Crippen LogP contribution in [0.1, 0.15) is 20.3 Å². The van der Waals surface area contributed by atoms with Crippen molar-refractivity contribution >= 4 is 0 Å². The van der Waals surface area contributed by atoms with Crippen molar-refractivity contribution < 1.29 is 10.2 Å². The molecule has 1 unspecified atom stereocenters. The van der Waals surface area contributed by atoms with Gasteiger partial charge in [0.1, 0.15) is 0 Å². The second-order valence-electron chi connectivity index (χ2n) is 2.03. The van der Waals surface area contributed by atoms with E-state index in [9.17, 15) is 0 Å². The minimum atomic E-state index is -0.349. The fraction of sp³-hybridized carbons (Fsp3) is 0.667. The third-order valence-electron chi connectivity index (χ3n) is 0.838. The summed E-state index contributed by atoms with van der Waals surface area (Å²) in [6.45, 7) is 3.46. The van der Waals surface area contributed by atoms with Crippen LogP contribution >= 0.6 is 0 Å². The molecule has 1 atom stereocenters. The molecule has 0 aliphatic rings. The van der Waals surface area contributed by atoms with Gasteiger partial charge in [0.25, 0.3) is 0 Å².